The van der Waals surface area contributed by atoms with Crippen molar-refractivity contribution in [1.82, 2.24) is 9.78 Å². The second kappa shape index (κ2) is 4.55. The quantitative estimate of drug-likeness (QED) is 0.728. The third-order valence-electron chi connectivity index (χ3n) is 3.02. The number of hydrogen-bond acceptors (Lipinski definition) is 2. The fraction of sp³-hybridized carbons (Fsp3) is 0.0714. The lowest BCUT2D eigenvalue weighted by atomic mass is 10.2. The molecule has 0 saturated heterocycles. The summed E-state index contributed by atoms with van der Waals surface area (Å²) in [5, 5.41) is 5.34. The van der Waals surface area contributed by atoms with E-state index in [0.29, 0.717) is 17.8 Å². The highest BCUT2D eigenvalue weighted by molar-refractivity contribution is 6.30. The SMILES string of the molecule is Nc1ccc2cnn(Cc3cccc(Cl)c3F)c2c1. The van der Waals surface area contributed by atoms with E-state index < -0.39 is 5.82 Å². The van der Waals surface area contributed by atoms with Crippen LogP contribution in [0.4, 0.5) is 10.1 Å². The van der Waals surface area contributed by atoms with Crippen molar-refractivity contribution in [3.8, 4) is 0 Å². The van der Waals surface area contributed by atoms with Crippen LogP contribution in [-0.2, 0) is 6.54 Å². The molecule has 3 rings (SSSR count). The Kier molecular flexibility index (Phi) is 2.87. The van der Waals surface area contributed by atoms with Gasteiger partial charge < -0.3 is 5.73 Å². The van der Waals surface area contributed by atoms with Crippen LogP contribution in [0.3, 0.4) is 0 Å². The Hall–Kier alpha value is -2.07. The molecular formula is C14H11ClFN3. The molecule has 0 atom stereocenters. The van der Waals surface area contributed by atoms with E-state index in [1.165, 1.54) is 6.07 Å². The Balaban J connectivity index is 2.06. The van der Waals surface area contributed by atoms with Gasteiger partial charge in [-0.2, -0.15) is 5.10 Å². The van der Waals surface area contributed by atoms with Crippen LogP contribution in [0.1, 0.15) is 5.56 Å². The molecule has 0 bridgehead atoms. The molecule has 0 aliphatic rings. The zero-order chi connectivity index (χ0) is 13.4. The van der Waals surface area contributed by atoms with Gasteiger partial charge in [-0.05, 0) is 24.3 Å². The van der Waals surface area contributed by atoms with Gasteiger partial charge in [-0.25, -0.2) is 4.39 Å². The standard InChI is InChI=1S/C14H11ClFN3/c15-12-3-1-2-10(14(12)16)8-19-13-6-11(17)5-4-9(13)7-18-19/h1-7H,8,17H2. The number of nitrogens with zero attached hydrogens (tertiary/aromatic N) is 2. The minimum Gasteiger partial charge on any atom is -0.399 e. The van der Waals surface area contributed by atoms with E-state index in [9.17, 15) is 4.39 Å². The van der Waals surface area contributed by atoms with Gasteiger partial charge in [0.25, 0.3) is 0 Å². The summed E-state index contributed by atoms with van der Waals surface area (Å²) in [5.74, 6) is -0.406. The maximum Gasteiger partial charge on any atom is 0.146 e. The van der Waals surface area contributed by atoms with Gasteiger partial charge in [0.05, 0.1) is 23.3 Å². The molecule has 0 radical (unpaired) electrons. The largest absolute Gasteiger partial charge is 0.399 e. The van der Waals surface area contributed by atoms with Gasteiger partial charge >= 0.3 is 0 Å². The molecule has 0 saturated carbocycles. The van der Waals surface area contributed by atoms with Gasteiger partial charge in [-0.3, -0.25) is 4.68 Å². The summed E-state index contributed by atoms with van der Waals surface area (Å²) in [5.41, 5.74) is 7.79. The fourth-order valence-corrected chi connectivity index (χ4v) is 2.24. The van der Waals surface area contributed by atoms with Crippen LogP contribution >= 0.6 is 11.6 Å². The van der Waals surface area contributed by atoms with Crippen LogP contribution in [0.5, 0.6) is 0 Å². The van der Waals surface area contributed by atoms with Crippen LogP contribution in [0.15, 0.2) is 42.6 Å². The molecule has 1 heterocycles. The molecule has 1 aromatic heterocycles. The maximum atomic E-state index is 13.9. The van der Waals surface area contributed by atoms with Gasteiger partial charge in [0.2, 0.25) is 0 Å². The van der Waals surface area contributed by atoms with Gasteiger partial charge in [0.15, 0.2) is 0 Å². The number of fused-ring (bicyclic) bond motifs is 1. The first-order valence-electron chi connectivity index (χ1n) is 5.79. The Bertz CT molecular complexity index is 752. The minimum atomic E-state index is -0.406. The summed E-state index contributed by atoms with van der Waals surface area (Å²) in [6.07, 6.45) is 1.73. The third kappa shape index (κ3) is 2.15. The number of halogens is 2. The van der Waals surface area contributed by atoms with Crippen molar-refractivity contribution in [1.29, 1.82) is 0 Å². The highest BCUT2D eigenvalue weighted by Gasteiger charge is 2.09. The highest BCUT2D eigenvalue weighted by atomic mass is 35.5. The average Bonchev–Trinajstić information content (AvgIpc) is 2.78. The molecule has 5 heteroatoms. The van der Waals surface area contributed by atoms with Crippen molar-refractivity contribution in [2.45, 2.75) is 6.54 Å². The number of hydrogen-bond donors (Lipinski definition) is 1. The van der Waals surface area contributed by atoms with E-state index in [1.54, 1.807) is 23.0 Å². The van der Waals surface area contributed by atoms with Crippen LogP contribution in [0.25, 0.3) is 10.9 Å². The van der Waals surface area contributed by atoms with E-state index >= 15 is 0 Å². The Labute approximate surface area is 114 Å². The maximum absolute atomic E-state index is 13.9. The Morgan fingerprint density at radius 1 is 1.26 bits per heavy atom. The molecule has 0 unspecified atom stereocenters. The van der Waals surface area contributed by atoms with E-state index in [1.807, 2.05) is 18.2 Å². The third-order valence-corrected chi connectivity index (χ3v) is 3.31. The first kappa shape index (κ1) is 12.0. The van der Waals surface area contributed by atoms with Crippen molar-refractivity contribution in [3.05, 3.63) is 59.0 Å². The summed E-state index contributed by atoms with van der Waals surface area (Å²) in [4.78, 5) is 0. The van der Waals surface area contributed by atoms with Gasteiger partial charge in [-0.15, -0.1) is 0 Å². The monoisotopic (exact) mass is 275 g/mol. The summed E-state index contributed by atoms with van der Waals surface area (Å²) in [6.45, 7) is 0.319. The van der Waals surface area contributed by atoms with E-state index in [-0.39, 0.29) is 5.02 Å². The van der Waals surface area contributed by atoms with E-state index in [0.717, 1.165) is 10.9 Å². The van der Waals surface area contributed by atoms with Crippen LogP contribution < -0.4 is 5.73 Å². The van der Waals surface area contributed by atoms with Crippen molar-refractivity contribution in [2.24, 2.45) is 0 Å². The van der Waals surface area contributed by atoms with Crippen LogP contribution in [-0.4, -0.2) is 9.78 Å². The summed E-state index contributed by atoms with van der Waals surface area (Å²) in [7, 11) is 0. The zero-order valence-electron chi connectivity index (χ0n) is 9.98. The first-order chi connectivity index (χ1) is 9.15. The number of nitrogens with two attached hydrogens (primary N) is 1. The molecule has 2 aromatic carbocycles. The normalized spacial score (nSPS) is 11.1. The second-order valence-corrected chi connectivity index (χ2v) is 4.74. The van der Waals surface area contributed by atoms with Crippen molar-refractivity contribution in [3.63, 3.8) is 0 Å². The van der Waals surface area contributed by atoms with E-state index in [2.05, 4.69) is 5.10 Å². The summed E-state index contributed by atoms with van der Waals surface area (Å²) >= 11 is 5.77. The molecular weight excluding hydrogens is 265 g/mol. The molecule has 2 N–H and O–H groups in total. The predicted molar refractivity (Wildman–Crippen MR) is 74.7 cm³/mol. The zero-order valence-corrected chi connectivity index (χ0v) is 10.7. The first-order valence-corrected chi connectivity index (χ1v) is 6.17. The lowest BCUT2D eigenvalue weighted by molar-refractivity contribution is 0.591. The molecule has 0 aliphatic carbocycles. The lowest BCUT2D eigenvalue weighted by Gasteiger charge is -2.06. The summed E-state index contributed by atoms with van der Waals surface area (Å²) in [6, 6.07) is 10.5. The molecule has 0 fully saturated rings. The molecule has 3 aromatic rings. The highest BCUT2D eigenvalue weighted by Crippen LogP contribution is 2.21. The molecule has 0 amide bonds. The van der Waals surface area contributed by atoms with Crippen molar-refractivity contribution < 1.29 is 4.39 Å². The fourth-order valence-electron chi connectivity index (χ4n) is 2.05. The van der Waals surface area contributed by atoms with Gasteiger partial charge in [0, 0.05) is 16.6 Å². The smallest absolute Gasteiger partial charge is 0.146 e. The topological polar surface area (TPSA) is 43.8 Å². The Morgan fingerprint density at radius 3 is 2.95 bits per heavy atom. The summed E-state index contributed by atoms with van der Waals surface area (Å²) < 4.78 is 15.6. The van der Waals surface area contributed by atoms with E-state index in [4.69, 9.17) is 17.3 Å². The molecule has 96 valence electrons. The average molecular weight is 276 g/mol. The van der Waals surface area contributed by atoms with Gasteiger partial charge in [-0.1, -0.05) is 23.7 Å². The van der Waals surface area contributed by atoms with Crippen molar-refractivity contribution >= 4 is 28.2 Å². The molecule has 19 heavy (non-hydrogen) atoms. The molecule has 0 aliphatic heterocycles. The number of benzene rings is 2. The number of nitrogen functional groups attached to an aromatic ring is 1. The van der Waals surface area contributed by atoms with Gasteiger partial charge in [0.1, 0.15) is 5.82 Å². The van der Waals surface area contributed by atoms with Crippen LogP contribution in [0, 0.1) is 5.82 Å². The number of anilines is 1. The second-order valence-electron chi connectivity index (χ2n) is 4.33. The van der Waals surface area contributed by atoms with Crippen LogP contribution in [0.2, 0.25) is 5.02 Å². The predicted octanol–water partition coefficient (Wildman–Crippen LogP) is 3.46. The molecule has 0 spiro atoms. The van der Waals surface area contributed by atoms with Crippen molar-refractivity contribution in [2.75, 3.05) is 5.73 Å². The molecule has 3 nitrogen and oxygen atoms in total. The number of aromatic nitrogens is 2. The Morgan fingerprint density at radius 2 is 2.11 bits per heavy atom. The lowest BCUT2D eigenvalue weighted by Crippen LogP contribution is -2.04. The number of rotatable bonds is 2. The minimum absolute atomic E-state index is 0.119.